The third-order valence-corrected chi connectivity index (χ3v) is 4.50. The first kappa shape index (κ1) is 15.4. The van der Waals surface area contributed by atoms with Gasteiger partial charge in [-0.05, 0) is 18.9 Å². The number of hydrogen-bond donors (Lipinski definition) is 0. The SMILES string of the molecule is O=C(Cc1cccc(F)c1F)N1CCCCCC1CBr. The molecule has 0 aliphatic carbocycles. The smallest absolute Gasteiger partial charge is 0.227 e. The lowest BCUT2D eigenvalue weighted by Crippen LogP contribution is -2.42. The summed E-state index contributed by atoms with van der Waals surface area (Å²) in [5.41, 5.74) is 0.132. The minimum absolute atomic E-state index is 0.0763. The molecule has 1 aliphatic heterocycles. The van der Waals surface area contributed by atoms with Gasteiger partial charge in [-0.15, -0.1) is 0 Å². The van der Waals surface area contributed by atoms with E-state index >= 15 is 0 Å². The summed E-state index contributed by atoms with van der Waals surface area (Å²) >= 11 is 3.44. The molecule has 1 aliphatic rings. The normalized spacial score (nSPS) is 19.8. The fourth-order valence-corrected chi connectivity index (χ4v) is 3.29. The molecule has 20 heavy (non-hydrogen) atoms. The molecule has 0 bridgehead atoms. The van der Waals surface area contributed by atoms with E-state index in [0.29, 0.717) is 6.54 Å². The Hall–Kier alpha value is -0.970. The van der Waals surface area contributed by atoms with Gasteiger partial charge in [-0.3, -0.25) is 4.79 Å². The first-order chi connectivity index (χ1) is 9.63. The van der Waals surface area contributed by atoms with Crippen molar-refractivity contribution in [3.05, 3.63) is 35.4 Å². The van der Waals surface area contributed by atoms with Crippen LogP contribution in [0.1, 0.15) is 31.2 Å². The minimum Gasteiger partial charge on any atom is -0.339 e. The van der Waals surface area contributed by atoms with Crippen LogP contribution in [0.2, 0.25) is 0 Å². The van der Waals surface area contributed by atoms with Crippen LogP contribution in [0.15, 0.2) is 18.2 Å². The molecule has 110 valence electrons. The van der Waals surface area contributed by atoms with Gasteiger partial charge >= 0.3 is 0 Å². The number of hydrogen-bond acceptors (Lipinski definition) is 1. The van der Waals surface area contributed by atoms with Crippen molar-refractivity contribution in [1.82, 2.24) is 4.90 Å². The van der Waals surface area contributed by atoms with Crippen molar-refractivity contribution in [3.63, 3.8) is 0 Å². The van der Waals surface area contributed by atoms with E-state index in [2.05, 4.69) is 15.9 Å². The van der Waals surface area contributed by atoms with Gasteiger partial charge < -0.3 is 4.90 Å². The van der Waals surface area contributed by atoms with Gasteiger partial charge in [0.15, 0.2) is 11.6 Å². The maximum atomic E-state index is 13.6. The van der Waals surface area contributed by atoms with Crippen molar-refractivity contribution in [1.29, 1.82) is 0 Å². The number of halogens is 3. The molecule has 1 heterocycles. The summed E-state index contributed by atoms with van der Waals surface area (Å²) in [6, 6.07) is 4.13. The Morgan fingerprint density at radius 3 is 2.85 bits per heavy atom. The first-order valence-corrected chi connectivity index (χ1v) is 8.04. The molecule has 2 nitrogen and oxygen atoms in total. The molecule has 0 aromatic heterocycles. The van der Waals surface area contributed by atoms with Crippen LogP contribution in [0.3, 0.4) is 0 Å². The second kappa shape index (κ2) is 7.16. The standard InChI is InChI=1S/C15H18BrF2NO/c16-10-12-6-2-1-3-8-19(12)14(20)9-11-5-4-7-13(17)15(11)18/h4-5,7,12H,1-3,6,8-10H2. The second-order valence-corrected chi connectivity index (χ2v) is 5.78. The highest BCUT2D eigenvalue weighted by molar-refractivity contribution is 9.09. The molecule has 1 unspecified atom stereocenters. The molecule has 1 saturated heterocycles. The quantitative estimate of drug-likeness (QED) is 0.765. The summed E-state index contributed by atoms with van der Waals surface area (Å²) < 4.78 is 26.8. The van der Waals surface area contributed by atoms with E-state index in [1.165, 1.54) is 12.1 Å². The van der Waals surface area contributed by atoms with Crippen molar-refractivity contribution in [2.75, 3.05) is 11.9 Å². The Morgan fingerprint density at radius 1 is 1.30 bits per heavy atom. The van der Waals surface area contributed by atoms with Gasteiger partial charge in [0.25, 0.3) is 0 Å². The Kier molecular flexibility index (Phi) is 5.52. The van der Waals surface area contributed by atoms with Gasteiger partial charge in [0.05, 0.1) is 6.42 Å². The van der Waals surface area contributed by atoms with Gasteiger partial charge in [0.1, 0.15) is 0 Å². The summed E-state index contributed by atoms with van der Waals surface area (Å²) in [5.74, 6) is -1.94. The molecule has 0 spiro atoms. The molecular weight excluding hydrogens is 328 g/mol. The highest BCUT2D eigenvalue weighted by Gasteiger charge is 2.25. The molecule has 1 atom stereocenters. The molecule has 0 saturated carbocycles. The summed E-state index contributed by atoms with van der Waals surface area (Å²) in [6.45, 7) is 0.700. The Balaban J connectivity index is 2.11. The number of amides is 1. The maximum absolute atomic E-state index is 13.6. The number of nitrogens with zero attached hydrogens (tertiary/aromatic N) is 1. The van der Waals surface area contributed by atoms with E-state index in [1.54, 1.807) is 0 Å². The zero-order valence-electron chi connectivity index (χ0n) is 11.2. The maximum Gasteiger partial charge on any atom is 0.227 e. The average Bonchev–Trinajstić information content (AvgIpc) is 2.69. The number of alkyl halides is 1. The summed E-state index contributed by atoms with van der Waals surface area (Å²) in [6.07, 6.45) is 4.08. The van der Waals surface area contributed by atoms with Crippen LogP contribution >= 0.6 is 15.9 Å². The number of benzene rings is 1. The lowest BCUT2D eigenvalue weighted by molar-refractivity contribution is -0.132. The third-order valence-electron chi connectivity index (χ3n) is 3.75. The van der Waals surface area contributed by atoms with Crippen LogP contribution in [0.4, 0.5) is 8.78 Å². The van der Waals surface area contributed by atoms with Crippen LogP contribution in [0, 0.1) is 11.6 Å². The number of rotatable bonds is 3. The molecule has 2 rings (SSSR count). The fourth-order valence-electron chi connectivity index (χ4n) is 2.62. The van der Waals surface area contributed by atoms with E-state index in [-0.39, 0.29) is 23.9 Å². The highest BCUT2D eigenvalue weighted by atomic mass is 79.9. The number of carbonyl (C=O) groups is 1. The first-order valence-electron chi connectivity index (χ1n) is 6.92. The van der Waals surface area contributed by atoms with E-state index in [0.717, 1.165) is 37.1 Å². The minimum atomic E-state index is -0.911. The van der Waals surface area contributed by atoms with Gasteiger partial charge in [-0.1, -0.05) is 40.9 Å². The molecule has 1 fully saturated rings. The van der Waals surface area contributed by atoms with Crippen LogP contribution < -0.4 is 0 Å². The van der Waals surface area contributed by atoms with Gasteiger partial charge in [-0.2, -0.15) is 0 Å². The summed E-state index contributed by atoms with van der Waals surface area (Å²) in [4.78, 5) is 14.2. The topological polar surface area (TPSA) is 20.3 Å². The molecule has 1 aromatic rings. The molecule has 5 heteroatoms. The zero-order chi connectivity index (χ0) is 14.5. The van der Waals surface area contributed by atoms with Crippen molar-refractivity contribution in [3.8, 4) is 0 Å². The van der Waals surface area contributed by atoms with Gasteiger partial charge in [0.2, 0.25) is 5.91 Å². The summed E-state index contributed by atoms with van der Waals surface area (Å²) in [5, 5.41) is 0.727. The van der Waals surface area contributed by atoms with Gasteiger partial charge in [-0.25, -0.2) is 8.78 Å². The van der Waals surface area contributed by atoms with Crippen molar-refractivity contribution in [2.24, 2.45) is 0 Å². The monoisotopic (exact) mass is 345 g/mol. The van der Waals surface area contributed by atoms with E-state index in [4.69, 9.17) is 0 Å². The predicted octanol–water partition coefficient (Wildman–Crippen LogP) is 3.67. The fraction of sp³-hybridized carbons (Fsp3) is 0.533. The van der Waals surface area contributed by atoms with Crippen molar-refractivity contribution < 1.29 is 13.6 Å². The van der Waals surface area contributed by atoms with Crippen LogP contribution in [-0.4, -0.2) is 28.7 Å². The van der Waals surface area contributed by atoms with E-state index in [9.17, 15) is 13.6 Å². The van der Waals surface area contributed by atoms with E-state index in [1.807, 2.05) is 4.90 Å². The third kappa shape index (κ3) is 3.57. The summed E-state index contributed by atoms with van der Waals surface area (Å²) in [7, 11) is 0. The Morgan fingerprint density at radius 2 is 2.10 bits per heavy atom. The Labute approximate surface area is 126 Å². The molecule has 0 N–H and O–H groups in total. The second-order valence-electron chi connectivity index (χ2n) is 5.13. The van der Waals surface area contributed by atoms with E-state index < -0.39 is 11.6 Å². The number of likely N-dealkylation sites (tertiary alicyclic amines) is 1. The van der Waals surface area contributed by atoms with Gasteiger partial charge in [0, 0.05) is 23.5 Å². The predicted molar refractivity (Wildman–Crippen MR) is 77.8 cm³/mol. The lowest BCUT2D eigenvalue weighted by Gasteiger charge is -2.29. The molecule has 1 amide bonds. The molecule has 0 radical (unpaired) electrons. The largest absolute Gasteiger partial charge is 0.339 e. The van der Waals surface area contributed by atoms with Crippen molar-refractivity contribution in [2.45, 2.75) is 38.1 Å². The molecule has 1 aromatic carbocycles. The van der Waals surface area contributed by atoms with Crippen molar-refractivity contribution >= 4 is 21.8 Å². The molecular formula is C15H18BrF2NO. The highest BCUT2D eigenvalue weighted by Crippen LogP contribution is 2.20. The van der Waals surface area contributed by atoms with Crippen LogP contribution in [0.25, 0.3) is 0 Å². The average molecular weight is 346 g/mol. The lowest BCUT2D eigenvalue weighted by atomic mass is 10.1. The van der Waals surface area contributed by atoms with Crippen LogP contribution in [-0.2, 0) is 11.2 Å². The Bertz CT molecular complexity index is 481. The zero-order valence-corrected chi connectivity index (χ0v) is 12.8. The van der Waals surface area contributed by atoms with Crippen LogP contribution in [0.5, 0.6) is 0 Å². The number of carbonyl (C=O) groups excluding carboxylic acids is 1.